The van der Waals surface area contributed by atoms with Crippen LogP contribution in [0.4, 0.5) is 34.1 Å². The fraction of sp³-hybridized carbons (Fsp3) is 0.0714. The molecule has 3 heteroatoms. The average molecular weight is 760 g/mol. The number of benzene rings is 9. The molecule has 1 aromatic heterocycles. The Balaban J connectivity index is 1.19. The SMILES string of the molecule is Cc1ccc(N(c2ccc(C)cc2)c2ccc3cc4c5ccc(N(c6ccc(C)cc6)c6ccc(C)cc6)cc5n(-c5ccc(-c6ccccc6)cc5)c4cc3c2)cc1. The normalized spacial score (nSPS) is 11.4. The number of nitrogens with zero attached hydrogens (tertiary/aromatic N) is 3. The van der Waals surface area contributed by atoms with Crippen molar-refractivity contribution >= 4 is 66.7 Å². The van der Waals surface area contributed by atoms with Gasteiger partial charge < -0.3 is 14.4 Å². The van der Waals surface area contributed by atoms with Crippen molar-refractivity contribution in [1.29, 1.82) is 0 Å². The Morgan fingerprint density at radius 3 is 1.24 bits per heavy atom. The van der Waals surface area contributed by atoms with Crippen LogP contribution < -0.4 is 9.80 Å². The van der Waals surface area contributed by atoms with Crippen LogP contribution in [0.3, 0.4) is 0 Å². The van der Waals surface area contributed by atoms with E-state index >= 15 is 0 Å². The second-order valence-electron chi connectivity index (χ2n) is 15.9. The van der Waals surface area contributed by atoms with Gasteiger partial charge in [-0.3, -0.25) is 0 Å². The van der Waals surface area contributed by atoms with E-state index in [9.17, 15) is 0 Å². The molecule has 0 saturated carbocycles. The molecule has 0 aliphatic heterocycles. The summed E-state index contributed by atoms with van der Waals surface area (Å²) in [4.78, 5) is 4.73. The van der Waals surface area contributed by atoms with Gasteiger partial charge in [0.05, 0.1) is 11.0 Å². The molecule has 0 aliphatic carbocycles. The molecule has 0 fully saturated rings. The number of anilines is 6. The van der Waals surface area contributed by atoms with Gasteiger partial charge in [0.15, 0.2) is 0 Å². The summed E-state index contributed by atoms with van der Waals surface area (Å²) in [5.41, 5.74) is 17.6. The minimum Gasteiger partial charge on any atom is -0.310 e. The van der Waals surface area contributed by atoms with E-state index < -0.39 is 0 Å². The lowest BCUT2D eigenvalue weighted by atomic mass is 10.0. The number of fused-ring (bicyclic) bond motifs is 4. The van der Waals surface area contributed by atoms with Gasteiger partial charge in [-0.2, -0.15) is 0 Å². The summed E-state index contributed by atoms with van der Waals surface area (Å²) in [7, 11) is 0. The van der Waals surface area contributed by atoms with Crippen molar-refractivity contribution in [2.75, 3.05) is 9.80 Å². The van der Waals surface area contributed by atoms with E-state index in [1.807, 2.05) is 0 Å². The Bertz CT molecular complexity index is 3000. The maximum absolute atomic E-state index is 2.45. The van der Waals surface area contributed by atoms with Crippen LogP contribution in [0.1, 0.15) is 22.3 Å². The third-order valence-corrected chi connectivity index (χ3v) is 11.6. The van der Waals surface area contributed by atoms with Gasteiger partial charge in [0.25, 0.3) is 0 Å². The topological polar surface area (TPSA) is 11.4 Å². The predicted octanol–water partition coefficient (Wildman–Crippen LogP) is 15.8. The van der Waals surface area contributed by atoms with Crippen molar-refractivity contribution in [3.05, 3.63) is 222 Å². The molecule has 9 aromatic carbocycles. The smallest absolute Gasteiger partial charge is 0.0561 e. The quantitative estimate of drug-likeness (QED) is 0.153. The Kier molecular flexibility index (Phi) is 9.07. The Hall–Kier alpha value is -7.36. The van der Waals surface area contributed by atoms with Crippen LogP contribution in [-0.4, -0.2) is 4.57 Å². The van der Waals surface area contributed by atoms with Crippen molar-refractivity contribution in [1.82, 2.24) is 4.57 Å². The predicted molar refractivity (Wildman–Crippen MR) is 252 cm³/mol. The minimum absolute atomic E-state index is 1.11. The van der Waals surface area contributed by atoms with E-state index in [-0.39, 0.29) is 0 Å². The third-order valence-electron chi connectivity index (χ3n) is 11.6. The number of hydrogen-bond acceptors (Lipinski definition) is 2. The largest absolute Gasteiger partial charge is 0.310 e. The molecule has 284 valence electrons. The fourth-order valence-electron chi connectivity index (χ4n) is 8.40. The number of rotatable bonds is 8. The lowest BCUT2D eigenvalue weighted by Crippen LogP contribution is -2.10. The van der Waals surface area contributed by atoms with E-state index in [1.54, 1.807) is 0 Å². The zero-order valence-electron chi connectivity index (χ0n) is 33.9. The van der Waals surface area contributed by atoms with Crippen molar-refractivity contribution in [2.45, 2.75) is 27.7 Å². The molecule has 1 heterocycles. The highest BCUT2D eigenvalue weighted by molar-refractivity contribution is 6.14. The van der Waals surface area contributed by atoms with Crippen LogP contribution in [-0.2, 0) is 0 Å². The molecular formula is C56H45N3. The van der Waals surface area contributed by atoms with Crippen molar-refractivity contribution in [2.24, 2.45) is 0 Å². The van der Waals surface area contributed by atoms with Crippen LogP contribution in [0.2, 0.25) is 0 Å². The van der Waals surface area contributed by atoms with Gasteiger partial charge >= 0.3 is 0 Å². The fourth-order valence-corrected chi connectivity index (χ4v) is 8.40. The van der Waals surface area contributed by atoms with Gasteiger partial charge in [-0.05, 0) is 147 Å². The van der Waals surface area contributed by atoms with Crippen LogP contribution in [0.5, 0.6) is 0 Å². The number of aryl methyl sites for hydroxylation is 4. The first-order valence-corrected chi connectivity index (χ1v) is 20.4. The summed E-state index contributed by atoms with van der Waals surface area (Å²) in [6, 6.07) is 73.5. The first-order chi connectivity index (χ1) is 28.9. The molecular weight excluding hydrogens is 715 g/mol. The lowest BCUT2D eigenvalue weighted by molar-refractivity contribution is 1.18. The summed E-state index contributed by atoms with van der Waals surface area (Å²) < 4.78 is 2.45. The maximum atomic E-state index is 2.45. The summed E-state index contributed by atoms with van der Waals surface area (Å²) in [5.74, 6) is 0. The molecule has 3 nitrogen and oxygen atoms in total. The van der Waals surface area contributed by atoms with E-state index in [4.69, 9.17) is 0 Å². The summed E-state index contributed by atoms with van der Waals surface area (Å²) in [6.45, 7) is 8.56. The molecule has 0 atom stereocenters. The lowest BCUT2D eigenvalue weighted by Gasteiger charge is -2.26. The molecule has 0 spiro atoms. The molecule has 59 heavy (non-hydrogen) atoms. The molecule has 0 amide bonds. The van der Waals surface area contributed by atoms with Crippen LogP contribution in [0.25, 0.3) is 49.4 Å². The number of hydrogen-bond donors (Lipinski definition) is 0. The van der Waals surface area contributed by atoms with Crippen molar-refractivity contribution < 1.29 is 0 Å². The average Bonchev–Trinajstić information content (AvgIpc) is 3.58. The van der Waals surface area contributed by atoms with Gasteiger partial charge in [-0.1, -0.05) is 125 Å². The standard InChI is InChI=1S/C56H45N3/c1-38-10-21-46(22-11-38)57(47-23-12-39(2)13-24-47)51-31-20-44-35-54-53-33-32-52(58(48-25-14-40(3)15-26-48)49-27-16-41(4)17-28-49)37-56(53)59(55(54)36-45(44)34-51)50-29-18-43(19-30-50)42-8-6-5-7-9-42/h5-37H,1-4H3. The first kappa shape index (κ1) is 36.0. The second kappa shape index (κ2) is 14.9. The first-order valence-electron chi connectivity index (χ1n) is 20.4. The Morgan fingerprint density at radius 1 is 0.305 bits per heavy atom. The molecule has 0 aliphatic rings. The van der Waals surface area contributed by atoms with Gasteiger partial charge in [0, 0.05) is 50.6 Å². The molecule has 0 bridgehead atoms. The highest BCUT2D eigenvalue weighted by Crippen LogP contribution is 2.42. The molecule has 0 saturated heterocycles. The summed E-state index contributed by atoms with van der Waals surface area (Å²) in [6.07, 6.45) is 0. The third kappa shape index (κ3) is 6.81. The molecule has 10 aromatic rings. The Morgan fingerprint density at radius 2 is 0.729 bits per heavy atom. The molecule has 0 unspecified atom stereocenters. The van der Waals surface area contributed by atoms with Gasteiger partial charge in [-0.15, -0.1) is 0 Å². The number of aromatic nitrogens is 1. The van der Waals surface area contributed by atoms with Gasteiger partial charge in [0.1, 0.15) is 0 Å². The zero-order valence-corrected chi connectivity index (χ0v) is 33.9. The van der Waals surface area contributed by atoms with E-state index in [2.05, 4.69) is 242 Å². The second-order valence-corrected chi connectivity index (χ2v) is 15.9. The van der Waals surface area contributed by atoms with E-state index in [1.165, 1.54) is 60.4 Å². The highest BCUT2D eigenvalue weighted by atomic mass is 15.1. The molecule has 10 rings (SSSR count). The van der Waals surface area contributed by atoms with Gasteiger partial charge in [0.2, 0.25) is 0 Å². The zero-order chi connectivity index (χ0) is 40.0. The Labute approximate surface area is 346 Å². The maximum Gasteiger partial charge on any atom is 0.0561 e. The molecule has 0 radical (unpaired) electrons. The van der Waals surface area contributed by atoms with Crippen molar-refractivity contribution in [3.63, 3.8) is 0 Å². The highest BCUT2D eigenvalue weighted by Gasteiger charge is 2.20. The monoisotopic (exact) mass is 759 g/mol. The van der Waals surface area contributed by atoms with E-state index in [0.29, 0.717) is 0 Å². The minimum atomic E-state index is 1.11. The summed E-state index contributed by atoms with van der Waals surface area (Å²) >= 11 is 0. The molecule has 0 N–H and O–H groups in total. The summed E-state index contributed by atoms with van der Waals surface area (Å²) in [5, 5.41) is 4.84. The van der Waals surface area contributed by atoms with Crippen LogP contribution >= 0.6 is 0 Å². The van der Waals surface area contributed by atoms with E-state index in [0.717, 1.165) is 45.3 Å². The van der Waals surface area contributed by atoms with Gasteiger partial charge in [-0.25, -0.2) is 0 Å². The van der Waals surface area contributed by atoms with Crippen LogP contribution in [0, 0.1) is 27.7 Å². The van der Waals surface area contributed by atoms with Crippen molar-refractivity contribution in [3.8, 4) is 16.8 Å². The van der Waals surface area contributed by atoms with Crippen LogP contribution in [0.15, 0.2) is 200 Å².